The Hall–Kier alpha value is -1.94. The third-order valence-electron chi connectivity index (χ3n) is 17.2. The van der Waals surface area contributed by atoms with E-state index in [0.29, 0.717) is 25.7 Å². The molecule has 0 saturated heterocycles. The van der Waals surface area contributed by atoms with Crippen molar-refractivity contribution in [1.29, 1.82) is 0 Å². The molecule has 4 unspecified atom stereocenters. The fraction of sp³-hybridized carbons (Fsp3) is 0.945. The lowest BCUT2D eigenvalue weighted by Gasteiger charge is -2.21. The van der Waals surface area contributed by atoms with Gasteiger partial charge in [-0.1, -0.05) is 312 Å². The SMILES string of the molecule is CCC(C)CCCCCCCCCCC(=O)OC[C@H](COP(=O)(O)OCC(O)COP(=O)(O)OC[C@@H](COC(=O)CCCCCCCCCCC(C)C)OC(=O)CCCCCCCCCCC(C)C)OC(=O)CCCCCCCCCCCCCCCCCC(C)C. The largest absolute Gasteiger partial charge is 0.472 e. The Labute approximate surface area is 562 Å². The summed E-state index contributed by atoms with van der Waals surface area (Å²) in [5.74, 6) is 0.898. The van der Waals surface area contributed by atoms with Gasteiger partial charge < -0.3 is 33.8 Å². The molecule has 0 radical (unpaired) electrons. The van der Waals surface area contributed by atoms with Gasteiger partial charge in [-0.15, -0.1) is 0 Å². The third-order valence-corrected chi connectivity index (χ3v) is 19.1. The summed E-state index contributed by atoms with van der Waals surface area (Å²) < 4.78 is 68.4. The maximum atomic E-state index is 13.1. The van der Waals surface area contributed by atoms with Gasteiger partial charge in [0.25, 0.3) is 0 Å². The highest BCUT2D eigenvalue weighted by Gasteiger charge is 2.30. The number of hydrogen-bond donors (Lipinski definition) is 3. The number of phosphoric acid groups is 2. The lowest BCUT2D eigenvalue weighted by Crippen LogP contribution is -2.30. The Morgan fingerprint density at radius 2 is 0.522 bits per heavy atom. The van der Waals surface area contributed by atoms with Crippen LogP contribution in [0.25, 0.3) is 0 Å². The van der Waals surface area contributed by atoms with Gasteiger partial charge >= 0.3 is 39.5 Å². The van der Waals surface area contributed by atoms with E-state index in [-0.39, 0.29) is 25.7 Å². The maximum absolute atomic E-state index is 13.1. The number of ether oxygens (including phenoxy) is 4. The highest BCUT2D eigenvalue weighted by atomic mass is 31.2. The van der Waals surface area contributed by atoms with Crippen LogP contribution < -0.4 is 0 Å². The van der Waals surface area contributed by atoms with Gasteiger partial charge in [-0.05, 0) is 49.4 Å². The number of rotatable bonds is 70. The lowest BCUT2D eigenvalue weighted by atomic mass is 9.99. The molecule has 0 amide bonds. The van der Waals surface area contributed by atoms with Crippen LogP contribution in [0.5, 0.6) is 0 Å². The van der Waals surface area contributed by atoms with E-state index in [2.05, 4.69) is 55.4 Å². The van der Waals surface area contributed by atoms with Crippen LogP contribution in [-0.4, -0.2) is 96.7 Å². The molecular weight excluding hydrogens is 1210 g/mol. The maximum Gasteiger partial charge on any atom is 0.472 e. The first kappa shape index (κ1) is 90.1. The molecule has 0 spiro atoms. The number of carbonyl (C=O) groups excluding carboxylic acids is 4. The minimum atomic E-state index is -4.96. The van der Waals surface area contributed by atoms with Gasteiger partial charge in [-0.25, -0.2) is 9.13 Å². The number of unbranched alkanes of at least 4 members (excludes halogenated alkanes) is 35. The summed E-state index contributed by atoms with van der Waals surface area (Å²) in [6.45, 7) is 14.1. The number of aliphatic hydroxyl groups excluding tert-OH is 1. The van der Waals surface area contributed by atoms with Crippen LogP contribution in [0, 0.1) is 23.7 Å². The van der Waals surface area contributed by atoms with E-state index in [4.69, 9.17) is 37.0 Å². The van der Waals surface area contributed by atoms with Crippen LogP contribution in [0.2, 0.25) is 0 Å². The van der Waals surface area contributed by atoms with Crippen molar-refractivity contribution in [1.82, 2.24) is 0 Å². The van der Waals surface area contributed by atoms with E-state index in [0.717, 1.165) is 114 Å². The van der Waals surface area contributed by atoms with Crippen LogP contribution in [-0.2, 0) is 65.4 Å². The number of carbonyl (C=O) groups is 4. The van der Waals surface area contributed by atoms with Crippen LogP contribution >= 0.6 is 15.6 Å². The molecule has 0 aliphatic carbocycles. The molecule has 3 N–H and O–H groups in total. The van der Waals surface area contributed by atoms with Gasteiger partial charge in [0, 0.05) is 25.7 Å². The third kappa shape index (κ3) is 65.4. The quantitative estimate of drug-likeness (QED) is 0.0222. The van der Waals surface area contributed by atoms with Gasteiger partial charge in [0.05, 0.1) is 26.4 Å². The fourth-order valence-corrected chi connectivity index (χ4v) is 12.6. The van der Waals surface area contributed by atoms with E-state index in [1.165, 1.54) is 167 Å². The van der Waals surface area contributed by atoms with E-state index >= 15 is 0 Å². The van der Waals surface area contributed by atoms with Crippen molar-refractivity contribution in [2.45, 2.75) is 382 Å². The molecule has 0 heterocycles. The van der Waals surface area contributed by atoms with Crippen molar-refractivity contribution >= 4 is 39.5 Å². The zero-order chi connectivity index (χ0) is 68.2. The summed E-state index contributed by atoms with van der Waals surface area (Å²) in [7, 11) is -9.91. The summed E-state index contributed by atoms with van der Waals surface area (Å²) in [6.07, 6.45) is 45.9. The van der Waals surface area contributed by atoms with Gasteiger partial charge in [-0.2, -0.15) is 0 Å². The molecule has 0 bridgehead atoms. The van der Waals surface area contributed by atoms with Crippen LogP contribution in [0.15, 0.2) is 0 Å². The number of aliphatic hydroxyl groups is 1. The molecule has 6 atom stereocenters. The van der Waals surface area contributed by atoms with Gasteiger partial charge in [0.2, 0.25) is 0 Å². The first-order valence-electron chi connectivity index (χ1n) is 37.7. The van der Waals surface area contributed by atoms with Crippen molar-refractivity contribution in [3.8, 4) is 0 Å². The number of esters is 4. The Bertz CT molecular complexity index is 1820. The second-order valence-electron chi connectivity index (χ2n) is 28.0. The highest BCUT2D eigenvalue weighted by molar-refractivity contribution is 7.47. The monoisotopic (exact) mass is 1350 g/mol. The van der Waals surface area contributed by atoms with Crippen LogP contribution in [0.1, 0.15) is 364 Å². The van der Waals surface area contributed by atoms with E-state index < -0.39 is 97.5 Å². The van der Waals surface area contributed by atoms with Crippen LogP contribution in [0.3, 0.4) is 0 Å². The Balaban J connectivity index is 5.24. The minimum Gasteiger partial charge on any atom is -0.462 e. The fourth-order valence-electron chi connectivity index (χ4n) is 11.0. The molecule has 546 valence electrons. The Morgan fingerprint density at radius 3 is 0.772 bits per heavy atom. The molecule has 0 aliphatic rings. The van der Waals surface area contributed by atoms with Crippen molar-refractivity contribution in [2.24, 2.45) is 23.7 Å². The van der Waals surface area contributed by atoms with Crippen LogP contribution in [0.4, 0.5) is 0 Å². The van der Waals surface area contributed by atoms with Crippen molar-refractivity contribution in [2.75, 3.05) is 39.6 Å². The Kier molecular flexibility index (Phi) is 61.3. The predicted octanol–water partition coefficient (Wildman–Crippen LogP) is 20.9. The Morgan fingerprint density at radius 1 is 0.304 bits per heavy atom. The smallest absolute Gasteiger partial charge is 0.462 e. The van der Waals surface area contributed by atoms with Gasteiger partial charge in [0.1, 0.15) is 19.3 Å². The molecule has 0 saturated carbocycles. The molecular formula is C73H142O17P2. The lowest BCUT2D eigenvalue weighted by molar-refractivity contribution is -0.161. The minimum absolute atomic E-state index is 0.103. The van der Waals surface area contributed by atoms with E-state index in [1.54, 1.807) is 0 Å². The number of hydrogen-bond acceptors (Lipinski definition) is 15. The van der Waals surface area contributed by atoms with Crippen molar-refractivity contribution in [3.05, 3.63) is 0 Å². The molecule has 0 aliphatic heterocycles. The molecule has 0 rings (SSSR count). The van der Waals surface area contributed by atoms with E-state index in [1.807, 2.05) is 0 Å². The average molecular weight is 1350 g/mol. The second-order valence-corrected chi connectivity index (χ2v) is 30.9. The zero-order valence-electron chi connectivity index (χ0n) is 60.2. The summed E-state index contributed by atoms with van der Waals surface area (Å²) in [4.78, 5) is 72.7. The molecule has 0 fully saturated rings. The summed E-state index contributed by atoms with van der Waals surface area (Å²) in [5.41, 5.74) is 0. The summed E-state index contributed by atoms with van der Waals surface area (Å²) in [5, 5.41) is 10.6. The van der Waals surface area contributed by atoms with Crippen molar-refractivity contribution < 1.29 is 80.2 Å². The normalized spacial score (nSPS) is 14.5. The van der Waals surface area contributed by atoms with Gasteiger partial charge in [-0.3, -0.25) is 37.3 Å². The summed E-state index contributed by atoms with van der Waals surface area (Å²) >= 11 is 0. The molecule has 92 heavy (non-hydrogen) atoms. The predicted molar refractivity (Wildman–Crippen MR) is 372 cm³/mol. The molecule has 0 aromatic rings. The highest BCUT2D eigenvalue weighted by Crippen LogP contribution is 2.45. The molecule has 0 aromatic carbocycles. The number of phosphoric ester groups is 2. The summed E-state index contributed by atoms with van der Waals surface area (Å²) in [6, 6.07) is 0. The standard InChI is InChI=1S/C73H142O17P2/c1-9-66(8)52-44-36-28-21-24-30-38-46-54-71(76)84-59-68(89-72(77)55-47-39-31-18-16-14-12-10-11-13-15-17-25-33-41-49-63(2)3)61-87-91(79,80)85-57-67(74)58-86-92(81,82)88-62-69(90-73(78)56-48-40-32-23-20-27-35-43-51-65(6)7)60-83-70(75)53-45-37-29-22-19-26-34-42-50-64(4)5/h63-69,74H,9-62H2,1-8H3,(H,79,80)(H,81,82)/t66?,67?,68-,69-/m1/s1. The van der Waals surface area contributed by atoms with Crippen molar-refractivity contribution in [3.63, 3.8) is 0 Å². The first-order valence-corrected chi connectivity index (χ1v) is 40.7. The molecule has 17 nitrogen and oxygen atoms in total. The van der Waals surface area contributed by atoms with E-state index in [9.17, 15) is 43.2 Å². The second kappa shape index (κ2) is 62.6. The van der Waals surface area contributed by atoms with Gasteiger partial charge in [0.15, 0.2) is 12.2 Å². The zero-order valence-corrected chi connectivity index (χ0v) is 62.0. The molecule has 0 aromatic heterocycles. The average Bonchev–Trinajstić information content (AvgIpc) is 1.55. The first-order chi connectivity index (χ1) is 44.1. The molecule has 19 heteroatoms. The topological polar surface area (TPSA) is 237 Å².